The molecule has 0 bridgehead atoms. The summed E-state index contributed by atoms with van der Waals surface area (Å²) in [6.45, 7) is 0. The summed E-state index contributed by atoms with van der Waals surface area (Å²) in [5.74, 6) is 0.434. The van der Waals surface area contributed by atoms with Crippen LogP contribution in [-0.2, 0) is 6.18 Å². The van der Waals surface area contributed by atoms with E-state index in [1.807, 2.05) is 30.3 Å². The summed E-state index contributed by atoms with van der Waals surface area (Å²) < 4.78 is 39.5. The van der Waals surface area contributed by atoms with Crippen LogP contribution in [0.2, 0.25) is 0 Å². The van der Waals surface area contributed by atoms with Crippen LogP contribution in [0.25, 0.3) is 22.2 Å². The molecule has 0 saturated heterocycles. The molecule has 0 aliphatic heterocycles. The van der Waals surface area contributed by atoms with Gasteiger partial charge in [0.25, 0.3) is 0 Å². The van der Waals surface area contributed by atoms with Crippen molar-refractivity contribution >= 4 is 39.9 Å². The molecular formula is C25H18F3N7O. The number of benzene rings is 3. The van der Waals surface area contributed by atoms with Crippen molar-refractivity contribution in [1.82, 2.24) is 20.4 Å². The maximum absolute atomic E-state index is 13.2. The average Bonchev–Trinajstić information content (AvgIpc) is 3.28. The van der Waals surface area contributed by atoms with Gasteiger partial charge < -0.3 is 10.6 Å². The number of nitrogens with one attached hydrogen (secondary N) is 4. The number of hydrogen-bond donors (Lipinski definition) is 4. The lowest BCUT2D eigenvalue weighted by Gasteiger charge is -2.13. The Morgan fingerprint density at radius 2 is 1.56 bits per heavy atom. The molecule has 0 saturated carbocycles. The topological polar surface area (TPSA) is 108 Å². The Bertz CT molecular complexity index is 1520. The number of halogens is 3. The van der Waals surface area contributed by atoms with E-state index in [-0.39, 0.29) is 17.0 Å². The lowest BCUT2D eigenvalue weighted by atomic mass is 10.1. The van der Waals surface area contributed by atoms with Crippen molar-refractivity contribution in [3.05, 3.63) is 90.5 Å². The normalized spacial score (nSPS) is 11.3. The second-order valence-electron chi connectivity index (χ2n) is 7.75. The van der Waals surface area contributed by atoms with Gasteiger partial charge in [0.1, 0.15) is 0 Å². The molecule has 2 heterocycles. The van der Waals surface area contributed by atoms with Crippen LogP contribution >= 0.6 is 0 Å². The molecule has 0 radical (unpaired) electrons. The van der Waals surface area contributed by atoms with Crippen LogP contribution in [0.5, 0.6) is 0 Å². The Kier molecular flexibility index (Phi) is 5.95. The molecule has 2 amide bonds. The van der Waals surface area contributed by atoms with Crippen molar-refractivity contribution in [2.45, 2.75) is 6.18 Å². The second kappa shape index (κ2) is 9.37. The van der Waals surface area contributed by atoms with Crippen LogP contribution in [0.1, 0.15) is 5.56 Å². The summed E-state index contributed by atoms with van der Waals surface area (Å²) in [6.07, 6.45) is -4.48. The highest BCUT2D eigenvalue weighted by Crippen LogP contribution is 2.34. The molecule has 8 nitrogen and oxygen atoms in total. The fraction of sp³-hybridized carbons (Fsp3) is 0.0400. The van der Waals surface area contributed by atoms with Gasteiger partial charge in [-0.25, -0.2) is 4.79 Å². The predicted molar refractivity (Wildman–Crippen MR) is 131 cm³/mol. The van der Waals surface area contributed by atoms with Crippen molar-refractivity contribution < 1.29 is 18.0 Å². The number of H-pyrrole nitrogens is 1. The number of anilines is 4. The summed E-state index contributed by atoms with van der Waals surface area (Å²) in [6, 6.07) is 22.3. The molecule has 180 valence electrons. The smallest absolute Gasteiger partial charge is 0.337 e. The van der Waals surface area contributed by atoms with Gasteiger partial charge in [-0.3, -0.25) is 10.4 Å². The molecule has 11 heteroatoms. The lowest BCUT2D eigenvalue weighted by molar-refractivity contribution is -0.137. The molecule has 5 rings (SSSR count). The van der Waals surface area contributed by atoms with Gasteiger partial charge in [0.15, 0.2) is 11.6 Å². The standard InChI is InChI=1S/C25H18F3N7O/c26-25(27,28)16-10-11-19-17(14-16)23(35-33-19)29-20-8-4-5-9-21(20)30-24(36)31-22-13-12-18(32-34-22)15-6-2-1-3-7-15/h1-14H,(H2,29,33,35)(H2,30,31,34,36). The summed E-state index contributed by atoms with van der Waals surface area (Å²) in [5.41, 5.74) is 2.03. The minimum absolute atomic E-state index is 0.188. The first-order chi connectivity index (χ1) is 17.4. The van der Waals surface area contributed by atoms with E-state index >= 15 is 0 Å². The SMILES string of the molecule is O=C(Nc1ccc(-c2ccccc2)nn1)Nc1ccccc1Nc1n[nH]c2ccc(C(F)(F)F)cc12. The highest BCUT2D eigenvalue weighted by molar-refractivity contribution is 6.02. The number of nitrogens with zero attached hydrogens (tertiary/aromatic N) is 3. The number of rotatable bonds is 5. The monoisotopic (exact) mass is 489 g/mol. The molecule has 0 fully saturated rings. The van der Waals surface area contributed by atoms with Gasteiger partial charge in [-0.15, -0.1) is 10.2 Å². The number of fused-ring (bicyclic) bond motifs is 1. The second-order valence-corrected chi connectivity index (χ2v) is 7.75. The number of alkyl halides is 3. The van der Waals surface area contributed by atoms with Crippen LogP contribution in [0.3, 0.4) is 0 Å². The molecule has 0 spiro atoms. The van der Waals surface area contributed by atoms with Crippen LogP contribution in [0.4, 0.5) is 41.0 Å². The van der Waals surface area contributed by atoms with Crippen LogP contribution in [-0.4, -0.2) is 26.4 Å². The Morgan fingerprint density at radius 3 is 2.28 bits per heavy atom. The molecule has 4 N–H and O–H groups in total. The number of carbonyl (C=O) groups excluding carboxylic acids is 1. The number of aromatic nitrogens is 4. The van der Waals surface area contributed by atoms with E-state index in [1.165, 1.54) is 6.07 Å². The third-order valence-electron chi connectivity index (χ3n) is 5.29. The van der Waals surface area contributed by atoms with Gasteiger partial charge in [0, 0.05) is 10.9 Å². The number of hydrogen-bond acceptors (Lipinski definition) is 5. The van der Waals surface area contributed by atoms with Crippen molar-refractivity contribution in [1.29, 1.82) is 0 Å². The first-order valence-corrected chi connectivity index (χ1v) is 10.8. The van der Waals surface area contributed by atoms with E-state index in [0.717, 1.165) is 17.7 Å². The average molecular weight is 489 g/mol. The molecule has 36 heavy (non-hydrogen) atoms. The van der Waals surface area contributed by atoms with Gasteiger partial charge in [-0.2, -0.15) is 18.3 Å². The first kappa shape index (κ1) is 22.8. The predicted octanol–water partition coefficient (Wildman–Crippen LogP) is 6.43. The minimum atomic E-state index is -4.48. The number of urea groups is 1. The van der Waals surface area contributed by atoms with Gasteiger partial charge >= 0.3 is 12.2 Å². The van der Waals surface area contributed by atoms with Crippen LogP contribution in [0.15, 0.2) is 84.9 Å². The number of aromatic amines is 1. The Balaban J connectivity index is 1.31. The van der Waals surface area contributed by atoms with E-state index in [9.17, 15) is 18.0 Å². The molecule has 5 aromatic rings. The van der Waals surface area contributed by atoms with Crippen LogP contribution in [0, 0.1) is 0 Å². The third kappa shape index (κ3) is 4.94. The van der Waals surface area contributed by atoms with Gasteiger partial charge in [-0.1, -0.05) is 42.5 Å². The Morgan fingerprint density at radius 1 is 0.806 bits per heavy atom. The first-order valence-electron chi connectivity index (χ1n) is 10.8. The van der Waals surface area contributed by atoms with Crippen molar-refractivity contribution in [3.8, 4) is 11.3 Å². The van der Waals surface area contributed by atoms with E-state index in [2.05, 4.69) is 36.3 Å². The van der Waals surface area contributed by atoms with Gasteiger partial charge in [0.2, 0.25) is 0 Å². The molecule has 3 aromatic carbocycles. The molecule has 0 unspecified atom stereocenters. The van der Waals surface area contributed by atoms with Crippen molar-refractivity contribution in [3.63, 3.8) is 0 Å². The molecule has 0 aliphatic rings. The lowest BCUT2D eigenvalue weighted by Crippen LogP contribution is -2.21. The molecule has 0 aliphatic carbocycles. The largest absolute Gasteiger partial charge is 0.416 e. The third-order valence-corrected chi connectivity index (χ3v) is 5.29. The maximum atomic E-state index is 13.2. The van der Waals surface area contributed by atoms with Crippen molar-refractivity contribution in [2.24, 2.45) is 0 Å². The van der Waals surface area contributed by atoms with E-state index in [1.54, 1.807) is 36.4 Å². The number of amides is 2. The summed E-state index contributed by atoms with van der Waals surface area (Å²) in [5, 5.41) is 23.5. The van der Waals surface area contributed by atoms with Crippen molar-refractivity contribution in [2.75, 3.05) is 16.0 Å². The molecular weight excluding hydrogens is 471 g/mol. The highest BCUT2D eigenvalue weighted by atomic mass is 19.4. The number of carbonyl (C=O) groups is 1. The fourth-order valence-electron chi connectivity index (χ4n) is 3.55. The molecule has 0 atom stereocenters. The highest BCUT2D eigenvalue weighted by Gasteiger charge is 2.31. The molecule has 2 aromatic heterocycles. The maximum Gasteiger partial charge on any atom is 0.416 e. The van der Waals surface area contributed by atoms with Gasteiger partial charge in [0.05, 0.1) is 28.1 Å². The zero-order valence-corrected chi connectivity index (χ0v) is 18.5. The van der Waals surface area contributed by atoms with E-state index in [0.29, 0.717) is 22.6 Å². The minimum Gasteiger partial charge on any atom is -0.337 e. The summed E-state index contributed by atoms with van der Waals surface area (Å²) >= 11 is 0. The van der Waals surface area contributed by atoms with Gasteiger partial charge in [-0.05, 0) is 42.5 Å². The zero-order valence-electron chi connectivity index (χ0n) is 18.5. The summed E-state index contributed by atoms with van der Waals surface area (Å²) in [4.78, 5) is 12.6. The quantitative estimate of drug-likeness (QED) is 0.228. The Labute approximate surface area is 202 Å². The van der Waals surface area contributed by atoms with Crippen LogP contribution < -0.4 is 16.0 Å². The Hall–Kier alpha value is -4.93. The fourth-order valence-corrected chi connectivity index (χ4v) is 3.55. The summed E-state index contributed by atoms with van der Waals surface area (Å²) in [7, 11) is 0. The van der Waals surface area contributed by atoms with E-state index in [4.69, 9.17) is 0 Å². The number of para-hydroxylation sites is 2. The zero-order chi connectivity index (χ0) is 25.1. The van der Waals surface area contributed by atoms with E-state index < -0.39 is 17.8 Å².